The highest BCUT2D eigenvalue weighted by molar-refractivity contribution is 5.49. The molecule has 1 aromatic heterocycles. The van der Waals surface area contributed by atoms with Crippen LogP contribution in [-0.4, -0.2) is 41.3 Å². The van der Waals surface area contributed by atoms with E-state index < -0.39 is 0 Å². The summed E-state index contributed by atoms with van der Waals surface area (Å²) in [5, 5.41) is 12.4. The molecule has 0 radical (unpaired) electrons. The summed E-state index contributed by atoms with van der Waals surface area (Å²) in [5.74, 6) is 2.22. The Hall–Kier alpha value is -1.36. The van der Waals surface area contributed by atoms with Crippen molar-refractivity contribution in [3.63, 3.8) is 0 Å². The Bertz CT molecular complexity index is 358. The molecule has 0 amide bonds. The molecule has 0 aliphatic carbocycles. The van der Waals surface area contributed by atoms with Gasteiger partial charge in [-0.3, -0.25) is 0 Å². The predicted octanol–water partition coefficient (Wildman–Crippen LogP) is 1.12. The molecule has 0 saturated carbocycles. The fourth-order valence-electron chi connectivity index (χ4n) is 2.06. The molecule has 1 aromatic rings. The average Bonchev–Trinajstić information content (AvgIpc) is 2.85. The lowest BCUT2D eigenvalue weighted by atomic mass is 10.1. The predicted molar refractivity (Wildman–Crippen MR) is 68.2 cm³/mol. The summed E-state index contributed by atoms with van der Waals surface area (Å²) < 4.78 is 0. The van der Waals surface area contributed by atoms with Crippen molar-refractivity contribution in [1.29, 1.82) is 0 Å². The molecule has 1 aliphatic rings. The summed E-state index contributed by atoms with van der Waals surface area (Å²) in [4.78, 5) is 10.7. The molecule has 1 saturated heterocycles. The van der Waals surface area contributed by atoms with Crippen LogP contribution >= 0.6 is 0 Å². The summed E-state index contributed by atoms with van der Waals surface area (Å²) in [7, 11) is 0. The first kappa shape index (κ1) is 12.1. The number of aromatic nitrogens is 2. The van der Waals surface area contributed by atoms with Crippen molar-refractivity contribution < 1.29 is 5.11 Å². The van der Waals surface area contributed by atoms with Crippen LogP contribution in [0, 0.1) is 5.92 Å². The first-order valence-corrected chi connectivity index (χ1v) is 6.25. The quantitative estimate of drug-likeness (QED) is 0.802. The van der Waals surface area contributed by atoms with Gasteiger partial charge < -0.3 is 15.3 Å². The highest BCUT2D eigenvalue weighted by Gasteiger charge is 2.22. The van der Waals surface area contributed by atoms with Crippen molar-refractivity contribution in [2.45, 2.75) is 19.8 Å². The molecule has 2 heterocycles. The van der Waals surface area contributed by atoms with E-state index in [0.717, 1.165) is 44.1 Å². The van der Waals surface area contributed by atoms with Crippen LogP contribution in [0.1, 0.15) is 19.8 Å². The van der Waals surface area contributed by atoms with Crippen LogP contribution in [0.15, 0.2) is 12.4 Å². The summed E-state index contributed by atoms with van der Waals surface area (Å²) in [6.07, 6.45) is 3.72. The van der Waals surface area contributed by atoms with Crippen LogP contribution in [0.2, 0.25) is 0 Å². The van der Waals surface area contributed by atoms with Crippen molar-refractivity contribution in [1.82, 2.24) is 9.97 Å². The topological polar surface area (TPSA) is 61.3 Å². The smallest absolute Gasteiger partial charge is 0.134 e. The highest BCUT2D eigenvalue weighted by Crippen LogP contribution is 2.22. The normalized spacial score (nSPS) is 19.6. The molecule has 2 rings (SSSR count). The van der Waals surface area contributed by atoms with Crippen molar-refractivity contribution in [3.8, 4) is 0 Å². The van der Waals surface area contributed by atoms with Gasteiger partial charge in [0.2, 0.25) is 0 Å². The van der Waals surface area contributed by atoms with Gasteiger partial charge in [-0.2, -0.15) is 0 Å². The molecular weight excluding hydrogens is 216 g/mol. The zero-order chi connectivity index (χ0) is 12.1. The molecule has 1 aliphatic heterocycles. The van der Waals surface area contributed by atoms with Gasteiger partial charge in [-0.05, 0) is 12.8 Å². The maximum Gasteiger partial charge on any atom is 0.134 e. The van der Waals surface area contributed by atoms with Gasteiger partial charge in [0.15, 0.2) is 0 Å². The zero-order valence-corrected chi connectivity index (χ0v) is 10.3. The zero-order valence-electron chi connectivity index (χ0n) is 10.3. The highest BCUT2D eigenvalue weighted by atomic mass is 16.3. The van der Waals surface area contributed by atoms with Crippen LogP contribution in [0.3, 0.4) is 0 Å². The Kier molecular flexibility index (Phi) is 4.14. The number of hydrogen-bond acceptors (Lipinski definition) is 5. The van der Waals surface area contributed by atoms with E-state index in [2.05, 4.69) is 27.1 Å². The number of aliphatic hydroxyl groups is 1. The molecular formula is C12H20N4O. The van der Waals surface area contributed by atoms with Gasteiger partial charge in [-0.25, -0.2) is 9.97 Å². The Balaban J connectivity index is 2.01. The second kappa shape index (κ2) is 5.82. The first-order chi connectivity index (χ1) is 8.33. The molecule has 0 aromatic carbocycles. The third kappa shape index (κ3) is 3.06. The van der Waals surface area contributed by atoms with Crippen molar-refractivity contribution in [3.05, 3.63) is 12.4 Å². The lowest BCUT2D eigenvalue weighted by Crippen LogP contribution is -2.22. The first-order valence-electron chi connectivity index (χ1n) is 6.25. The molecule has 94 valence electrons. The van der Waals surface area contributed by atoms with Crippen molar-refractivity contribution in [2.24, 2.45) is 5.92 Å². The van der Waals surface area contributed by atoms with Gasteiger partial charge in [-0.1, -0.05) is 6.92 Å². The maximum absolute atomic E-state index is 9.13. The number of aliphatic hydroxyl groups excluding tert-OH is 1. The number of rotatable bonds is 5. The minimum absolute atomic E-state index is 0.266. The van der Waals surface area contributed by atoms with Gasteiger partial charge in [0.25, 0.3) is 0 Å². The van der Waals surface area contributed by atoms with Crippen LogP contribution in [0.5, 0.6) is 0 Å². The summed E-state index contributed by atoms with van der Waals surface area (Å²) in [5.41, 5.74) is 0. The summed E-state index contributed by atoms with van der Waals surface area (Å²) in [6.45, 7) is 5.18. The van der Waals surface area contributed by atoms with Crippen LogP contribution in [0.25, 0.3) is 0 Å². The van der Waals surface area contributed by atoms with E-state index in [9.17, 15) is 0 Å². The minimum atomic E-state index is 0.266. The lowest BCUT2D eigenvalue weighted by Gasteiger charge is -2.17. The molecule has 1 atom stereocenters. The second-order valence-electron chi connectivity index (χ2n) is 4.47. The fourth-order valence-corrected chi connectivity index (χ4v) is 2.06. The van der Waals surface area contributed by atoms with E-state index in [1.807, 2.05) is 6.07 Å². The van der Waals surface area contributed by atoms with Gasteiger partial charge in [-0.15, -0.1) is 0 Å². The van der Waals surface area contributed by atoms with E-state index in [-0.39, 0.29) is 6.61 Å². The second-order valence-corrected chi connectivity index (χ2v) is 4.47. The molecule has 0 bridgehead atoms. The Morgan fingerprint density at radius 2 is 2.41 bits per heavy atom. The Morgan fingerprint density at radius 3 is 3.12 bits per heavy atom. The van der Waals surface area contributed by atoms with E-state index in [4.69, 9.17) is 5.11 Å². The Morgan fingerprint density at radius 1 is 1.53 bits per heavy atom. The average molecular weight is 236 g/mol. The van der Waals surface area contributed by atoms with Crippen LogP contribution in [0.4, 0.5) is 11.6 Å². The number of nitrogens with one attached hydrogen (secondary N) is 1. The van der Waals surface area contributed by atoms with Crippen molar-refractivity contribution >= 4 is 11.6 Å². The Labute approximate surface area is 102 Å². The van der Waals surface area contributed by atoms with E-state index >= 15 is 0 Å². The van der Waals surface area contributed by atoms with Crippen LogP contribution < -0.4 is 10.2 Å². The van der Waals surface area contributed by atoms with Crippen molar-refractivity contribution in [2.75, 3.05) is 36.5 Å². The van der Waals surface area contributed by atoms with E-state index in [1.165, 1.54) is 0 Å². The van der Waals surface area contributed by atoms with E-state index in [0.29, 0.717) is 5.92 Å². The maximum atomic E-state index is 9.13. The fraction of sp³-hybridized carbons (Fsp3) is 0.667. The summed E-state index contributed by atoms with van der Waals surface area (Å²) in [6, 6.07) is 1.98. The van der Waals surface area contributed by atoms with Gasteiger partial charge in [0.1, 0.15) is 18.0 Å². The molecule has 0 spiro atoms. The summed E-state index contributed by atoms with van der Waals surface area (Å²) >= 11 is 0. The molecule has 5 nitrogen and oxygen atoms in total. The van der Waals surface area contributed by atoms with E-state index in [1.54, 1.807) is 6.33 Å². The molecule has 1 unspecified atom stereocenters. The molecule has 17 heavy (non-hydrogen) atoms. The standard InChI is InChI=1S/C12H20N4O/c1-2-4-13-11-6-12(15-9-14-11)16-5-3-10(7-16)8-17/h6,9-10,17H,2-5,7-8H2,1H3,(H,13,14,15). The largest absolute Gasteiger partial charge is 0.396 e. The molecule has 1 fully saturated rings. The van der Waals surface area contributed by atoms with Gasteiger partial charge >= 0.3 is 0 Å². The monoisotopic (exact) mass is 236 g/mol. The third-order valence-electron chi connectivity index (χ3n) is 3.08. The molecule has 5 heteroatoms. The van der Waals surface area contributed by atoms with Gasteiger partial charge in [0.05, 0.1) is 0 Å². The SMILES string of the molecule is CCCNc1cc(N2CCC(CO)C2)ncn1. The van der Waals surface area contributed by atoms with Crippen LogP contribution in [-0.2, 0) is 0 Å². The van der Waals surface area contributed by atoms with Gasteiger partial charge in [0, 0.05) is 38.2 Å². The number of anilines is 2. The number of hydrogen-bond donors (Lipinski definition) is 2. The minimum Gasteiger partial charge on any atom is -0.396 e. The molecule has 2 N–H and O–H groups in total. The lowest BCUT2D eigenvalue weighted by molar-refractivity contribution is 0.238. The third-order valence-corrected chi connectivity index (χ3v) is 3.08. The number of nitrogens with zero attached hydrogens (tertiary/aromatic N) is 3.